The number of benzene rings is 1. The summed E-state index contributed by atoms with van der Waals surface area (Å²) in [5, 5.41) is 11.8. The molecule has 1 aliphatic rings. The smallest absolute Gasteiger partial charge is 0.330 e. The zero-order chi connectivity index (χ0) is 13.9. The molecular weight excluding hydrogens is 269 g/mol. The number of carbonyl (C=O) groups is 2. The molecule has 1 heterocycles. The van der Waals surface area contributed by atoms with Gasteiger partial charge in [0.25, 0.3) is 0 Å². The molecule has 0 saturated carbocycles. The number of rotatable bonds is 4. The number of amides is 1. The van der Waals surface area contributed by atoms with Gasteiger partial charge in [0.05, 0.1) is 6.42 Å². The average Bonchev–Trinajstić information content (AvgIpc) is 2.82. The Morgan fingerprint density at radius 3 is 2.74 bits per heavy atom. The predicted octanol–water partition coefficient (Wildman–Crippen LogP) is 1.44. The summed E-state index contributed by atoms with van der Waals surface area (Å²) in [5.41, 5.74) is -0.932. The Bertz CT molecular complexity index is 500. The Hall–Kier alpha value is -1.56. The van der Waals surface area contributed by atoms with Crippen LogP contribution in [0.2, 0.25) is 0 Å². The Balaban J connectivity index is 2.05. The maximum Gasteiger partial charge on any atom is 0.330 e. The number of hydrogen-bond donors (Lipinski definition) is 2. The van der Waals surface area contributed by atoms with Crippen LogP contribution in [0.1, 0.15) is 12.0 Å². The van der Waals surface area contributed by atoms with E-state index in [1.54, 1.807) is 12.1 Å². The summed E-state index contributed by atoms with van der Waals surface area (Å²) in [5.74, 6) is -0.894. The molecule has 4 nitrogen and oxygen atoms in total. The standard InChI is InChI=1S/C13H14FNO3S/c14-10-4-2-1-3-9(10)7-11(16)15-13(12(17)18)5-6-19-8-13/h1-4H,5-8H2,(H,15,16)(H,17,18). The third kappa shape index (κ3) is 3.07. The highest BCUT2D eigenvalue weighted by Crippen LogP contribution is 2.28. The van der Waals surface area contributed by atoms with Crippen molar-refractivity contribution in [2.75, 3.05) is 11.5 Å². The van der Waals surface area contributed by atoms with Crippen molar-refractivity contribution in [2.45, 2.75) is 18.4 Å². The predicted molar refractivity (Wildman–Crippen MR) is 70.6 cm³/mol. The highest BCUT2D eigenvalue weighted by atomic mass is 32.2. The van der Waals surface area contributed by atoms with Crippen molar-refractivity contribution in [3.63, 3.8) is 0 Å². The first kappa shape index (κ1) is 13.9. The van der Waals surface area contributed by atoms with Crippen molar-refractivity contribution in [3.8, 4) is 0 Å². The molecule has 1 aromatic rings. The molecule has 2 rings (SSSR count). The lowest BCUT2D eigenvalue weighted by atomic mass is 9.98. The fourth-order valence-corrected chi connectivity index (χ4v) is 3.34. The molecule has 0 spiro atoms. The molecule has 0 bridgehead atoms. The van der Waals surface area contributed by atoms with Crippen molar-refractivity contribution < 1.29 is 19.1 Å². The lowest BCUT2D eigenvalue weighted by Crippen LogP contribution is -2.55. The fraction of sp³-hybridized carbons (Fsp3) is 0.385. The van der Waals surface area contributed by atoms with Gasteiger partial charge in [-0.15, -0.1) is 0 Å². The topological polar surface area (TPSA) is 66.4 Å². The number of carboxylic acid groups (broad SMARTS) is 1. The van der Waals surface area contributed by atoms with Crippen LogP contribution >= 0.6 is 11.8 Å². The number of thioether (sulfide) groups is 1. The first-order valence-corrected chi connectivity index (χ1v) is 7.04. The molecule has 1 saturated heterocycles. The van der Waals surface area contributed by atoms with E-state index in [4.69, 9.17) is 0 Å². The number of aliphatic carboxylic acids is 1. The van der Waals surface area contributed by atoms with Gasteiger partial charge in [-0.05, 0) is 23.8 Å². The maximum absolute atomic E-state index is 13.4. The van der Waals surface area contributed by atoms with E-state index >= 15 is 0 Å². The number of halogens is 1. The second-order valence-corrected chi connectivity index (χ2v) is 5.61. The molecule has 0 radical (unpaired) electrons. The van der Waals surface area contributed by atoms with E-state index in [1.807, 2.05) is 0 Å². The third-order valence-electron chi connectivity index (χ3n) is 3.12. The summed E-state index contributed by atoms with van der Waals surface area (Å²) in [4.78, 5) is 23.2. The minimum atomic E-state index is -1.20. The van der Waals surface area contributed by atoms with Crippen LogP contribution in [0.25, 0.3) is 0 Å². The molecule has 1 aliphatic heterocycles. The number of hydrogen-bond acceptors (Lipinski definition) is 3. The third-order valence-corrected chi connectivity index (χ3v) is 4.31. The second kappa shape index (κ2) is 5.61. The number of nitrogens with one attached hydrogen (secondary N) is 1. The van der Waals surface area contributed by atoms with Gasteiger partial charge in [0.15, 0.2) is 0 Å². The van der Waals surface area contributed by atoms with E-state index in [2.05, 4.69) is 5.32 Å². The van der Waals surface area contributed by atoms with Crippen LogP contribution in [-0.2, 0) is 16.0 Å². The normalized spacial score (nSPS) is 22.2. The van der Waals surface area contributed by atoms with Crippen LogP contribution in [0.5, 0.6) is 0 Å². The summed E-state index contributed by atoms with van der Waals surface area (Å²) in [6.07, 6.45) is 0.252. The highest BCUT2D eigenvalue weighted by Gasteiger charge is 2.43. The van der Waals surface area contributed by atoms with E-state index in [0.29, 0.717) is 17.9 Å². The SMILES string of the molecule is O=C(Cc1ccccc1F)NC1(C(=O)O)CCSC1. The second-order valence-electron chi connectivity index (χ2n) is 4.51. The van der Waals surface area contributed by atoms with Crippen LogP contribution < -0.4 is 5.32 Å². The Labute approximate surface area is 114 Å². The first-order valence-electron chi connectivity index (χ1n) is 5.89. The van der Waals surface area contributed by atoms with Crippen molar-refractivity contribution in [1.82, 2.24) is 5.32 Å². The van der Waals surface area contributed by atoms with Crippen molar-refractivity contribution in [2.24, 2.45) is 0 Å². The molecule has 102 valence electrons. The van der Waals surface area contributed by atoms with Crippen LogP contribution in [0.3, 0.4) is 0 Å². The van der Waals surface area contributed by atoms with Gasteiger partial charge in [0, 0.05) is 5.75 Å². The Kier molecular flexibility index (Phi) is 4.09. The monoisotopic (exact) mass is 283 g/mol. The van der Waals surface area contributed by atoms with Crippen LogP contribution in [0.4, 0.5) is 4.39 Å². The van der Waals surface area contributed by atoms with Gasteiger partial charge in [-0.2, -0.15) is 11.8 Å². The summed E-state index contributed by atoms with van der Waals surface area (Å²) >= 11 is 1.49. The minimum absolute atomic E-state index is 0.146. The molecule has 2 N–H and O–H groups in total. The molecule has 19 heavy (non-hydrogen) atoms. The molecule has 6 heteroatoms. The Morgan fingerprint density at radius 2 is 2.16 bits per heavy atom. The van der Waals surface area contributed by atoms with Gasteiger partial charge in [0.1, 0.15) is 11.4 Å². The molecule has 1 unspecified atom stereocenters. The molecular formula is C13H14FNO3S. The lowest BCUT2D eigenvalue weighted by molar-refractivity contribution is -0.146. The maximum atomic E-state index is 13.4. The largest absolute Gasteiger partial charge is 0.479 e. The van der Waals surface area contributed by atoms with Gasteiger partial charge in [-0.25, -0.2) is 9.18 Å². The molecule has 0 aliphatic carbocycles. The molecule has 1 atom stereocenters. The summed E-state index contributed by atoms with van der Waals surface area (Å²) in [6, 6.07) is 5.99. The van der Waals surface area contributed by atoms with Gasteiger partial charge in [-0.3, -0.25) is 4.79 Å². The minimum Gasteiger partial charge on any atom is -0.479 e. The fourth-order valence-electron chi connectivity index (χ4n) is 2.01. The van der Waals surface area contributed by atoms with Crippen LogP contribution in [0.15, 0.2) is 24.3 Å². The van der Waals surface area contributed by atoms with Gasteiger partial charge >= 0.3 is 5.97 Å². The molecule has 0 aromatic heterocycles. The van der Waals surface area contributed by atoms with E-state index in [-0.39, 0.29) is 12.0 Å². The van der Waals surface area contributed by atoms with E-state index in [1.165, 1.54) is 23.9 Å². The van der Waals surface area contributed by atoms with Crippen molar-refractivity contribution in [1.29, 1.82) is 0 Å². The zero-order valence-corrected chi connectivity index (χ0v) is 11.0. The van der Waals surface area contributed by atoms with E-state index in [9.17, 15) is 19.1 Å². The summed E-state index contributed by atoms with van der Waals surface area (Å²) in [7, 11) is 0. The first-order chi connectivity index (χ1) is 9.03. The van der Waals surface area contributed by atoms with Crippen molar-refractivity contribution in [3.05, 3.63) is 35.6 Å². The van der Waals surface area contributed by atoms with Gasteiger partial charge in [0.2, 0.25) is 5.91 Å². The van der Waals surface area contributed by atoms with E-state index in [0.717, 1.165) is 0 Å². The molecule has 1 aromatic carbocycles. The van der Waals surface area contributed by atoms with Crippen molar-refractivity contribution >= 4 is 23.6 Å². The Morgan fingerprint density at radius 1 is 1.42 bits per heavy atom. The van der Waals surface area contributed by atoms with Gasteiger partial charge in [-0.1, -0.05) is 18.2 Å². The highest BCUT2D eigenvalue weighted by molar-refractivity contribution is 7.99. The van der Waals surface area contributed by atoms with Crippen LogP contribution in [-0.4, -0.2) is 34.0 Å². The van der Waals surface area contributed by atoms with Gasteiger partial charge < -0.3 is 10.4 Å². The molecule has 1 fully saturated rings. The zero-order valence-electron chi connectivity index (χ0n) is 10.2. The molecule has 1 amide bonds. The number of carbonyl (C=O) groups excluding carboxylic acids is 1. The summed E-state index contributed by atoms with van der Waals surface area (Å²) < 4.78 is 13.4. The average molecular weight is 283 g/mol. The number of carboxylic acids is 1. The van der Waals surface area contributed by atoms with E-state index < -0.39 is 23.2 Å². The summed E-state index contributed by atoms with van der Waals surface area (Å²) in [6.45, 7) is 0. The van der Waals surface area contributed by atoms with Crippen LogP contribution in [0, 0.1) is 5.82 Å². The lowest BCUT2D eigenvalue weighted by Gasteiger charge is -2.24. The quantitative estimate of drug-likeness (QED) is 0.877.